The van der Waals surface area contributed by atoms with Gasteiger partial charge in [0.25, 0.3) is 0 Å². The fourth-order valence-electron chi connectivity index (χ4n) is 8.77. The summed E-state index contributed by atoms with van der Waals surface area (Å²) in [5, 5.41) is 2.34. The molecule has 6 aromatic carbocycles. The van der Waals surface area contributed by atoms with Crippen LogP contribution in [0.1, 0.15) is 22.3 Å². The summed E-state index contributed by atoms with van der Waals surface area (Å²) in [5.74, 6) is 0. The average Bonchev–Trinajstić information content (AvgIpc) is 3.81. The van der Waals surface area contributed by atoms with Crippen LogP contribution in [0, 0.1) is 0 Å². The van der Waals surface area contributed by atoms with Crippen molar-refractivity contribution in [2.75, 3.05) is 0 Å². The van der Waals surface area contributed by atoms with Crippen LogP contribution in [0.3, 0.4) is 0 Å². The smallest absolute Gasteiger partial charge is 0.138 e. The summed E-state index contributed by atoms with van der Waals surface area (Å²) in [6.07, 6.45) is 4.03. The van der Waals surface area contributed by atoms with Gasteiger partial charge in [0, 0.05) is 18.0 Å². The van der Waals surface area contributed by atoms with Crippen LogP contribution in [0.4, 0.5) is 0 Å². The minimum Gasteiger partial charge on any atom is -0.298 e. The maximum Gasteiger partial charge on any atom is 0.138 e. The Morgan fingerprint density at radius 2 is 1.00 bits per heavy atom. The molecule has 0 saturated heterocycles. The van der Waals surface area contributed by atoms with E-state index in [4.69, 9.17) is 9.97 Å². The van der Waals surface area contributed by atoms with Gasteiger partial charge in [-0.05, 0) is 90.7 Å². The molecule has 0 aliphatic heterocycles. The van der Waals surface area contributed by atoms with Crippen molar-refractivity contribution in [3.8, 4) is 56.0 Å². The first kappa shape index (κ1) is 27.4. The third-order valence-electron chi connectivity index (χ3n) is 10.9. The van der Waals surface area contributed by atoms with Crippen LogP contribution in [0.5, 0.6) is 0 Å². The van der Waals surface area contributed by atoms with Crippen molar-refractivity contribution in [2.24, 2.45) is 0 Å². The molecule has 2 aliphatic carbocycles. The van der Waals surface area contributed by atoms with Gasteiger partial charge in [0.15, 0.2) is 0 Å². The van der Waals surface area contributed by atoms with Gasteiger partial charge >= 0.3 is 0 Å². The zero-order valence-corrected chi connectivity index (χ0v) is 27.1. The molecular formula is C47H29N3. The molecule has 2 aliphatic rings. The number of aromatic nitrogens is 3. The first-order chi connectivity index (χ1) is 24.8. The lowest BCUT2D eigenvalue weighted by molar-refractivity contribution is 0.794. The maximum absolute atomic E-state index is 5.13. The van der Waals surface area contributed by atoms with E-state index in [1.807, 2.05) is 24.4 Å². The van der Waals surface area contributed by atoms with E-state index in [2.05, 4.69) is 156 Å². The van der Waals surface area contributed by atoms with Gasteiger partial charge in [-0.2, -0.15) is 0 Å². The van der Waals surface area contributed by atoms with E-state index in [0.29, 0.717) is 0 Å². The molecule has 232 valence electrons. The van der Waals surface area contributed by atoms with E-state index < -0.39 is 0 Å². The van der Waals surface area contributed by atoms with Crippen molar-refractivity contribution in [3.63, 3.8) is 0 Å². The lowest BCUT2D eigenvalue weighted by atomic mass is 9.70. The Bertz CT molecular complexity index is 2750. The normalized spacial score (nSPS) is 13.4. The van der Waals surface area contributed by atoms with Crippen molar-refractivity contribution >= 4 is 16.4 Å². The highest BCUT2D eigenvalue weighted by molar-refractivity contribution is 5.96. The summed E-state index contributed by atoms with van der Waals surface area (Å²) in [6.45, 7) is 0. The molecule has 11 rings (SSSR count). The van der Waals surface area contributed by atoms with Crippen LogP contribution in [-0.4, -0.2) is 14.4 Å². The second-order valence-corrected chi connectivity index (χ2v) is 13.4. The van der Waals surface area contributed by atoms with Gasteiger partial charge < -0.3 is 0 Å². The highest BCUT2D eigenvalue weighted by atomic mass is 15.0. The summed E-state index contributed by atoms with van der Waals surface area (Å²) in [7, 11) is 0. The largest absolute Gasteiger partial charge is 0.298 e. The molecule has 0 fully saturated rings. The molecular weight excluding hydrogens is 607 g/mol. The summed E-state index contributed by atoms with van der Waals surface area (Å²) in [6, 6.07) is 59.6. The lowest BCUT2D eigenvalue weighted by Gasteiger charge is -2.30. The Morgan fingerprint density at radius 3 is 1.66 bits per heavy atom. The highest BCUT2D eigenvalue weighted by Gasteiger charge is 2.51. The topological polar surface area (TPSA) is 30.2 Å². The standard InChI is InChI=1S/C47H29N3/c1-2-12-34-29-50-44(28-32(34)11-1)49-45(43-19-9-10-26-48-43)46(50)31-22-20-30(21-23-31)33-24-25-38-37-15-5-8-18-41(37)47(42(38)27-33)39-16-6-3-13-35(39)36-14-4-7-17-40(36)47/h1-29H. The van der Waals surface area contributed by atoms with Crippen LogP contribution >= 0.6 is 0 Å². The molecule has 0 saturated carbocycles. The quantitative estimate of drug-likeness (QED) is 0.193. The van der Waals surface area contributed by atoms with Gasteiger partial charge in [-0.15, -0.1) is 0 Å². The molecule has 3 nitrogen and oxygen atoms in total. The summed E-state index contributed by atoms with van der Waals surface area (Å²) < 4.78 is 2.21. The molecule has 0 unspecified atom stereocenters. The number of benzene rings is 6. The molecule has 0 atom stereocenters. The molecule has 3 heteroatoms. The van der Waals surface area contributed by atoms with E-state index in [0.717, 1.165) is 28.3 Å². The van der Waals surface area contributed by atoms with E-state index in [9.17, 15) is 0 Å². The minimum absolute atomic E-state index is 0.355. The van der Waals surface area contributed by atoms with Gasteiger partial charge in [-0.25, -0.2) is 4.98 Å². The van der Waals surface area contributed by atoms with Gasteiger partial charge in [0.05, 0.1) is 16.8 Å². The van der Waals surface area contributed by atoms with Crippen molar-refractivity contribution in [2.45, 2.75) is 5.41 Å². The number of fused-ring (bicyclic) bond motifs is 12. The Kier molecular flexibility index (Phi) is 5.59. The summed E-state index contributed by atoms with van der Waals surface area (Å²) in [4.78, 5) is 9.83. The number of pyridine rings is 2. The predicted molar refractivity (Wildman–Crippen MR) is 203 cm³/mol. The Hall–Kier alpha value is -6.58. The van der Waals surface area contributed by atoms with Crippen molar-refractivity contribution in [1.82, 2.24) is 14.4 Å². The number of nitrogens with zero attached hydrogens (tertiary/aromatic N) is 3. The molecule has 9 aromatic rings. The van der Waals surface area contributed by atoms with Gasteiger partial charge in [-0.1, -0.05) is 140 Å². The van der Waals surface area contributed by atoms with Gasteiger partial charge in [0.2, 0.25) is 0 Å². The van der Waals surface area contributed by atoms with E-state index in [1.54, 1.807) is 0 Å². The van der Waals surface area contributed by atoms with Crippen LogP contribution in [0.15, 0.2) is 176 Å². The monoisotopic (exact) mass is 635 g/mol. The highest BCUT2D eigenvalue weighted by Crippen LogP contribution is 2.63. The maximum atomic E-state index is 5.13. The Morgan fingerprint density at radius 1 is 0.440 bits per heavy atom. The van der Waals surface area contributed by atoms with Crippen molar-refractivity contribution < 1.29 is 0 Å². The SMILES string of the molecule is c1ccc(-c2nc3cc4ccccc4cn3c2-c2ccc(-c3ccc4c(c3)C3(c5ccccc5-c5ccccc53)c3ccccc3-4)cc2)nc1. The predicted octanol–water partition coefficient (Wildman–Crippen LogP) is 11.2. The van der Waals surface area contributed by atoms with Crippen molar-refractivity contribution in [3.05, 3.63) is 198 Å². The summed E-state index contributed by atoms with van der Waals surface area (Å²) in [5.41, 5.74) is 17.5. The molecule has 1 spiro atoms. The van der Waals surface area contributed by atoms with Gasteiger partial charge in [0.1, 0.15) is 11.3 Å². The molecule has 0 radical (unpaired) electrons. The van der Waals surface area contributed by atoms with Crippen LogP contribution < -0.4 is 0 Å². The molecule has 3 aromatic heterocycles. The average molecular weight is 636 g/mol. The van der Waals surface area contributed by atoms with Crippen LogP contribution in [0.2, 0.25) is 0 Å². The third kappa shape index (κ3) is 3.64. The molecule has 0 N–H and O–H groups in total. The van der Waals surface area contributed by atoms with E-state index in [-0.39, 0.29) is 5.41 Å². The Balaban J connectivity index is 1.09. The second-order valence-electron chi connectivity index (χ2n) is 13.4. The molecule has 3 heterocycles. The second kappa shape index (κ2) is 10.2. The molecule has 0 bridgehead atoms. The first-order valence-corrected chi connectivity index (χ1v) is 17.2. The van der Waals surface area contributed by atoms with E-state index >= 15 is 0 Å². The third-order valence-corrected chi connectivity index (χ3v) is 10.9. The Labute approximate surface area is 289 Å². The number of hydrogen-bond acceptors (Lipinski definition) is 2. The number of rotatable bonds is 3. The molecule has 50 heavy (non-hydrogen) atoms. The fraction of sp³-hybridized carbons (Fsp3) is 0.0213. The zero-order valence-electron chi connectivity index (χ0n) is 27.1. The number of hydrogen-bond donors (Lipinski definition) is 0. The lowest BCUT2D eigenvalue weighted by Crippen LogP contribution is -2.25. The fourth-order valence-corrected chi connectivity index (χ4v) is 8.77. The van der Waals surface area contributed by atoms with Gasteiger partial charge in [-0.3, -0.25) is 9.38 Å². The zero-order chi connectivity index (χ0) is 32.8. The van der Waals surface area contributed by atoms with E-state index in [1.165, 1.54) is 66.4 Å². The van der Waals surface area contributed by atoms with Crippen LogP contribution in [0.25, 0.3) is 72.4 Å². The summed E-state index contributed by atoms with van der Waals surface area (Å²) >= 11 is 0. The van der Waals surface area contributed by atoms with Crippen molar-refractivity contribution in [1.29, 1.82) is 0 Å². The minimum atomic E-state index is -0.355. The number of imidazole rings is 1. The molecule has 0 amide bonds. The van der Waals surface area contributed by atoms with Crippen LogP contribution in [-0.2, 0) is 5.41 Å². The first-order valence-electron chi connectivity index (χ1n) is 17.2.